The van der Waals surface area contributed by atoms with Gasteiger partial charge in [-0.1, -0.05) is 29.3 Å². The maximum Gasteiger partial charge on any atom is 0.245 e. The van der Waals surface area contributed by atoms with Crippen molar-refractivity contribution in [3.8, 4) is 11.9 Å². The van der Waals surface area contributed by atoms with E-state index in [0.717, 1.165) is 4.90 Å². The summed E-state index contributed by atoms with van der Waals surface area (Å²) in [5, 5.41) is 20.5. The molecule has 0 fully saturated rings. The summed E-state index contributed by atoms with van der Waals surface area (Å²) >= 11 is 7.85. The van der Waals surface area contributed by atoms with Gasteiger partial charge in [0.1, 0.15) is 17.1 Å². The topological polar surface area (TPSA) is 117 Å². The van der Waals surface area contributed by atoms with Crippen LogP contribution >= 0.6 is 23.4 Å². The van der Waals surface area contributed by atoms with Crippen LogP contribution in [0.3, 0.4) is 0 Å². The lowest BCUT2D eigenvalue weighted by Gasteiger charge is -2.31. The Morgan fingerprint density at radius 2 is 2.06 bits per heavy atom. The molecule has 0 saturated carbocycles. The Labute approximate surface area is 187 Å². The number of halogens is 1. The number of anilines is 1. The number of aryl methyl sites for hydroxylation is 1. The van der Waals surface area contributed by atoms with E-state index in [1.165, 1.54) is 5.56 Å². The van der Waals surface area contributed by atoms with Crippen LogP contribution in [0, 0.1) is 18.3 Å². The molecule has 3 aromatic rings. The van der Waals surface area contributed by atoms with Crippen LogP contribution < -0.4 is 15.8 Å². The second-order valence-electron chi connectivity index (χ2n) is 7.33. The van der Waals surface area contributed by atoms with Crippen molar-refractivity contribution >= 4 is 35.0 Å². The summed E-state index contributed by atoms with van der Waals surface area (Å²) < 4.78 is 5.63. The fourth-order valence-electron chi connectivity index (χ4n) is 4.09. The van der Waals surface area contributed by atoms with E-state index in [1.54, 1.807) is 30.0 Å². The monoisotopic (exact) mass is 449 g/mol. The molecule has 3 heterocycles. The highest BCUT2D eigenvalue weighted by Gasteiger charge is 2.58. The largest absolute Gasteiger partial charge is 0.420 e. The molecule has 0 aliphatic carbocycles. The number of carbonyl (C=O) groups is 1. The van der Waals surface area contributed by atoms with Gasteiger partial charge in [-0.15, -0.1) is 16.9 Å². The average Bonchev–Trinajstić information content (AvgIpc) is 3.27. The first-order valence-electron chi connectivity index (χ1n) is 9.42. The van der Waals surface area contributed by atoms with Crippen LogP contribution in [-0.4, -0.2) is 16.1 Å². The highest BCUT2D eigenvalue weighted by Crippen LogP contribution is 2.54. The summed E-state index contributed by atoms with van der Waals surface area (Å²) in [7, 11) is 0. The molecule has 1 spiro atoms. The molecule has 0 unspecified atom stereocenters. The van der Waals surface area contributed by atoms with E-state index in [4.69, 9.17) is 22.1 Å². The van der Waals surface area contributed by atoms with Gasteiger partial charge in [0.2, 0.25) is 17.7 Å². The molecule has 1 aromatic heterocycles. The third-order valence-corrected chi connectivity index (χ3v) is 6.78. The van der Waals surface area contributed by atoms with Gasteiger partial charge in [0.25, 0.3) is 0 Å². The van der Waals surface area contributed by atoms with Crippen molar-refractivity contribution in [2.45, 2.75) is 23.0 Å². The molecule has 0 radical (unpaired) electrons. The van der Waals surface area contributed by atoms with E-state index in [0.29, 0.717) is 33.3 Å². The first kappa shape index (κ1) is 19.5. The second-order valence-corrected chi connectivity index (χ2v) is 8.82. The molecule has 7 nitrogen and oxygen atoms in total. The Balaban J connectivity index is 1.68. The Kier molecular flexibility index (Phi) is 4.46. The van der Waals surface area contributed by atoms with Gasteiger partial charge in [0.15, 0.2) is 0 Å². The van der Waals surface area contributed by atoms with E-state index in [9.17, 15) is 10.1 Å². The molecule has 1 atom stereocenters. The first-order chi connectivity index (χ1) is 14.9. The number of nitriles is 1. The van der Waals surface area contributed by atoms with Crippen molar-refractivity contribution in [1.82, 2.24) is 10.2 Å². The number of nitrogens with two attached hydrogens (primary N) is 1. The predicted octanol–water partition coefficient (Wildman–Crippen LogP) is 3.99. The highest BCUT2D eigenvalue weighted by atomic mass is 35.5. The van der Waals surface area contributed by atoms with E-state index in [2.05, 4.69) is 21.6 Å². The Morgan fingerprint density at radius 1 is 1.29 bits per heavy atom. The predicted molar refractivity (Wildman–Crippen MR) is 118 cm³/mol. The standard InChI is InChI=1S/C22H16ClN5O2S/c1-11-2-5-13(6-3-11)31-10-17-18-20(28-27-17)30-19(25)15(9-24)22(18)14-8-12(23)4-7-16(14)26-21(22)29/h2-8H,10,25H2,1H3,(H,26,29)(H,27,28)/t22-/m1/s1. The maximum atomic E-state index is 13.5. The number of aromatic amines is 1. The molecular formula is C22H16ClN5O2S. The number of ether oxygens (including phenoxy) is 1. The summed E-state index contributed by atoms with van der Waals surface area (Å²) in [6.45, 7) is 2.03. The zero-order chi connectivity index (χ0) is 21.8. The molecule has 2 aromatic carbocycles. The molecular weight excluding hydrogens is 434 g/mol. The molecule has 0 saturated heterocycles. The molecule has 2 aliphatic heterocycles. The molecule has 2 aliphatic rings. The Morgan fingerprint density at radius 3 is 2.81 bits per heavy atom. The van der Waals surface area contributed by atoms with Crippen LogP contribution in [-0.2, 0) is 16.0 Å². The Bertz CT molecular complexity index is 1310. The lowest BCUT2D eigenvalue weighted by molar-refractivity contribution is -0.118. The van der Waals surface area contributed by atoms with E-state index in [1.807, 2.05) is 31.2 Å². The van der Waals surface area contributed by atoms with Crippen LogP contribution in [0.25, 0.3) is 0 Å². The lowest BCUT2D eigenvalue weighted by Crippen LogP contribution is -2.42. The van der Waals surface area contributed by atoms with Gasteiger partial charge in [0.05, 0.1) is 11.3 Å². The number of amides is 1. The fraction of sp³-hybridized carbons (Fsp3) is 0.136. The minimum Gasteiger partial charge on any atom is -0.420 e. The first-order valence-corrected chi connectivity index (χ1v) is 10.8. The van der Waals surface area contributed by atoms with E-state index < -0.39 is 11.3 Å². The zero-order valence-electron chi connectivity index (χ0n) is 16.3. The fourth-order valence-corrected chi connectivity index (χ4v) is 5.11. The number of hydrogen-bond donors (Lipinski definition) is 3. The zero-order valence-corrected chi connectivity index (χ0v) is 17.9. The van der Waals surface area contributed by atoms with Gasteiger partial charge in [0, 0.05) is 26.9 Å². The van der Waals surface area contributed by atoms with Crippen molar-refractivity contribution in [2.75, 3.05) is 5.32 Å². The van der Waals surface area contributed by atoms with E-state index in [-0.39, 0.29) is 17.3 Å². The SMILES string of the molecule is Cc1ccc(SCc2[nH]nc3c2[C@]2(C(=O)Nc4ccc(Cl)cc42)C(C#N)=C(N)O3)cc1. The highest BCUT2D eigenvalue weighted by molar-refractivity contribution is 7.98. The average molecular weight is 450 g/mol. The summed E-state index contributed by atoms with van der Waals surface area (Å²) in [6, 6.07) is 15.3. The number of thioether (sulfide) groups is 1. The van der Waals surface area contributed by atoms with Crippen LogP contribution in [0.1, 0.15) is 22.4 Å². The van der Waals surface area contributed by atoms with Crippen LogP contribution in [0.4, 0.5) is 5.69 Å². The van der Waals surface area contributed by atoms with Crippen molar-refractivity contribution in [3.63, 3.8) is 0 Å². The number of fused-ring (bicyclic) bond motifs is 4. The maximum absolute atomic E-state index is 13.5. The van der Waals surface area contributed by atoms with Gasteiger partial charge < -0.3 is 15.8 Å². The number of aromatic nitrogens is 2. The van der Waals surface area contributed by atoms with Crippen LogP contribution in [0.2, 0.25) is 5.02 Å². The lowest BCUT2D eigenvalue weighted by atomic mass is 9.69. The number of carbonyl (C=O) groups excluding carboxylic acids is 1. The van der Waals surface area contributed by atoms with Gasteiger partial charge in [-0.25, -0.2) is 0 Å². The number of nitrogens with zero attached hydrogens (tertiary/aromatic N) is 2. The number of benzene rings is 2. The van der Waals surface area contributed by atoms with Crippen molar-refractivity contribution in [3.05, 3.63) is 81.3 Å². The minimum absolute atomic E-state index is 0.0153. The Hall–Kier alpha value is -3.41. The van der Waals surface area contributed by atoms with Gasteiger partial charge in [-0.2, -0.15) is 5.26 Å². The van der Waals surface area contributed by atoms with Crippen LogP contribution in [0.5, 0.6) is 5.88 Å². The van der Waals surface area contributed by atoms with Crippen molar-refractivity contribution in [2.24, 2.45) is 5.73 Å². The van der Waals surface area contributed by atoms with E-state index >= 15 is 0 Å². The summed E-state index contributed by atoms with van der Waals surface area (Å²) in [5.74, 6) is 0.121. The third kappa shape index (κ3) is 2.81. The quantitative estimate of drug-likeness (QED) is 0.520. The summed E-state index contributed by atoms with van der Waals surface area (Å²) in [6.07, 6.45) is 0. The van der Waals surface area contributed by atoms with Gasteiger partial charge >= 0.3 is 0 Å². The minimum atomic E-state index is -1.48. The van der Waals surface area contributed by atoms with Crippen molar-refractivity contribution < 1.29 is 9.53 Å². The summed E-state index contributed by atoms with van der Waals surface area (Å²) in [4.78, 5) is 14.5. The molecule has 5 rings (SSSR count). The van der Waals surface area contributed by atoms with Gasteiger partial charge in [-0.05, 0) is 37.3 Å². The normalized spacial score (nSPS) is 18.9. The molecule has 0 bridgehead atoms. The smallest absolute Gasteiger partial charge is 0.245 e. The molecule has 4 N–H and O–H groups in total. The number of rotatable bonds is 3. The van der Waals surface area contributed by atoms with Crippen LogP contribution in [0.15, 0.2) is 58.8 Å². The van der Waals surface area contributed by atoms with Crippen molar-refractivity contribution in [1.29, 1.82) is 5.26 Å². The molecule has 31 heavy (non-hydrogen) atoms. The number of H-pyrrole nitrogens is 1. The van der Waals surface area contributed by atoms with Gasteiger partial charge in [-0.3, -0.25) is 9.89 Å². The number of hydrogen-bond acceptors (Lipinski definition) is 6. The summed E-state index contributed by atoms with van der Waals surface area (Å²) in [5.41, 5.74) is 8.05. The molecule has 1 amide bonds. The molecule has 9 heteroatoms. The third-order valence-electron chi connectivity index (χ3n) is 5.50. The molecule has 154 valence electrons. The number of nitrogens with one attached hydrogen (secondary N) is 2. The second kappa shape index (κ2) is 7.08.